The van der Waals surface area contributed by atoms with Crippen LogP contribution in [-0.2, 0) is 4.84 Å². The van der Waals surface area contributed by atoms with Crippen LogP contribution in [0.3, 0.4) is 0 Å². The van der Waals surface area contributed by atoms with Gasteiger partial charge in [0.25, 0.3) is 0 Å². The standard InChI is InChI=1S/C10H18N2O2S/c1-5-6-7-15-10(2,3)8-12-14-9(13)11-4/h5,8H,1,6-7H2,2-4H3,(H,11,13)/b12-8+. The van der Waals surface area contributed by atoms with E-state index in [0.29, 0.717) is 0 Å². The van der Waals surface area contributed by atoms with Crippen molar-refractivity contribution in [3.63, 3.8) is 0 Å². The van der Waals surface area contributed by atoms with E-state index in [1.807, 2.05) is 19.9 Å². The first-order valence-corrected chi connectivity index (χ1v) is 5.68. The average Bonchev–Trinajstić information content (AvgIpc) is 2.17. The number of allylic oxidation sites excluding steroid dienone is 1. The Labute approximate surface area is 95.1 Å². The lowest BCUT2D eigenvalue weighted by Gasteiger charge is -2.17. The molecule has 0 bridgehead atoms. The molecule has 0 radical (unpaired) electrons. The monoisotopic (exact) mass is 230 g/mol. The molecule has 0 aromatic carbocycles. The highest BCUT2D eigenvalue weighted by Gasteiger charge is 2.15. The largest absolute Gasteiger partial charge is 0.433 e. The van der Waals surface area contributed by atoms with E-state index < -0.39 is 6.09 Å². The molecule has 0 aliphatic carbocycles. The van der Waals surface area contributed by atoms with Crippen molar-refractivity contribution in [2.24, 2.45) is 5.16 Å². The molecule has 0 aromatic rings. The third kappa shape index (κ3) is 8.05. The van der Waals surface area contributed by atoms with E-state index in [2.05, 4.69) is 21.9 Å². The minimum absolute atomic E-state index is 0.142. The molecule has 0 aliphatic heterocycles. The van der Waals surface area contributed by atoms with Gasteiger partial charge in [0.1, 0.15) is 0 Å². The zero-order valence-electron chi connectivity index (χ0n) is 9.45. The fourth-order valence-corrected chi connectivity index (χ4v) is 1.62. The van der Waals surface area contributed by atoms with Gasteiger partial charge in [-0.3, -0.25) is 4.84 Å². The maximum Gasteiger partial charge on any atom is 0.433 e. The van der Waals surface area contributed by atoms with Gasteiger partial charge in [0.15, 0.2) is 0 Å². The van der Waals surface area contributed by atoms with Crippen molar-refractivity contribution >= 4 is 24.1 Å². The summed E-state index contributed by atoms with van der Waals surface area (Å²) in [6, 6.07) is 0. The lowest BCUT2D eigenvalue weighted by Crippen LogP contribution is -2.20. The SMILES string of the molecule is C=CCCSC(C)(C)/C=N/OC(=O)NC. The molecule has 0 rings (SSSR count). The number of thioether (sulfide) groups is 1. The molecule has 1 N–H and O–H groups in total. The Bertz CT molecular complexity index is 240. The van der Waals surface area contributed by atoms with Crippen molar-refractivity contribution < 1.29 is 9.63 Å². The molecule has 0 atom stereocenters. The van der Waals surface area contributed by atoms with Crippen molar-refractivity contribution in [2.45, 2.75) is 25.0 Å². The van der Waals surface area contributed by atoms with Gasteiger partial charge in [-0.2, -0.15) is 0 Å². The van der Waals surface area contributed by atoms with Gasteiger partial charge in [-0.1, -0.05) is 11.2 Å². The molecule has 5 heteroatoms. The summed E-state index contributed by atoms with van der Waals surface area (Å²) < 4.78 is -0.142. The fourth-order valence-electron chi connectivity index (χ4n) is 0.689. The molecule has 0 heterocycles. The van der Waals surface area contributed by atoms with Gasteiger partial charge in [0.05, 0.1) is 6.21 Å². The second-order valence-corrected chi connectivity index (χ2v) is 5.14. The van der Waals surface area contributed by atoms with E-state index in [-0.39, 0.29) is 4.75 Å². The van der Waals surface area contributed by atoms with Crippen LogP contribution in [0, 0.1) is 0 Å². The number of hydrogen-bond donors (Lipinski definition) is 1. The number of nitrogens with zero attached hydrogens (tertiary/aromatic N) is 1. The van der Waals surface area contributed by atoms with Crippen LogP contribution in [0.1, 0.15) is 20.3 Å². The van der Waals surface area contributed by atoms with Crippen molar-refractivity contribution in [1.29, 1.82) is 0 Å². The minimum atomic E-state index is -0.557. The average molecular weight is 230 g/mol. The minimum Gasteiger partial charge on any atom is -0.323 e. The number of hydrogen-bond acceptors (Lipinski definition) is 4. The van der Waals surface area contributed by atoms with Gasteiger partial charge < -0.3 is 5.32 Å². The van der Waals surface area contributed by atoms with Crippen LogP contribution in [0.25, 0.3) is 0 Å². The first kappa shape index (κ1) is 14.0. The Kier molecular flexibility index (Phi) is 6.86. The predicted octanol–water partition coefficient (Wildman–Crippen LogP) is 2.42. The van der Waals surface area contributed by atoms with Crippen molar-refractivity contribution in [1.82, 2.24) is 5.32 Å². The van der Waals surface area contributed by atoms with Crippen LogP contribution in [0.4, 0.5) is 4.79 Å². The molecule has 15 heavy (non-hydrogen) atoms. The highest BCUT2D eigenvalue weighted by Crippen LogP contribution is 2.22. The number of rotatable bonds is 6. The van der Waals surface area contributed by atoms with E-state index in [1.165, 1.54) is 7.05 Å². The molecule has 0 spiro atoms. The maximum atomic E-state index is 10.7. The zero-order chi connectivity index (χ0) is 11.7. The Hall–Kier alpha value is -0.970. The van der Waals surface area contributed by atoms with Gasteiger partial charge in [-0.15, -0.1) is 18.3 Å². The summed E-state index contributed by atoms with van der Waals surface area (Å²) >= 11 is 1.73. The van der Waals surface area contributed by atoms with Crippen LogP contribution in [-0.4, -0.2) is 29.9 Å². The second-order valence-electron chi connectivity index (χ2n) is 3.39. The van der Waals surface area contributed by atoms with Crippen LogP contribution < -0.4 is 5.32 Å². The quantitative estimate of drug-likeness (QED) is 0.251. The lowest BCUT2D eigenvalue weighted by atomic mass is 10.2. The topological polar surface area (TPSA) is 50.7 Å². The number of amides is 1. The van der Waals surface area contributed by atoms with E-state index in [9.17, 15) is 4.79 Å². The van der Waals surface area contributed by atoms with E-state index in [0.717, 1.165) is 12.2 Å². The van der Waals surface area contributed by atoms with Crippen LogP contribution in [0.15, 0.2) is 17.8 Å². The Balaban J connectivity index is 3.89. The van der Waals surface area contributed by atoms with Crippen LogP contribution in [0.5, 0.6) is 0 Å². The van der Waals surface area contributed by atoms with E-state index in [4.69, 9.17) is 0 Å². The molecule has 0 aromatic heterocycles. The summed E-state index contributed by atoms with van der Waals surface area (Å²) in [5.41, 5.74) is 0. The normalized spacial score (nSPS) is 11.4. The number of carbonyl (C=O) groups excluding carboxylic acids is 1. The molecular weight excluding hydrogens is 212 g/mol. The van der Waals surface area contributed by atoms with Gasteiger partial charge >= 0.3 is 6.09 Å². The van der Waals surface area contributed by atoms with Crippen LogP contribution >= 0.6 is 11.8 Å². The molecule has 0 fully saturated rings. The number of oxime groups is 1. The van der Waals surface area contributed by atoms with Gasteiger partial charge in [-0.25, -0.2) is 4.79 Å². The molecular formula is C10H18N2O2S. The second kappa shape index (κ2) is 7.34. The van der Waals surface area contributed by atoms with Crippen molar-refractivity contribution in [3.8, 4) is 0 Å². The summed E-state index contributed by atoms with van der Waals surface area (Å²) in [6.07, 6.45) is 3.90. The highest BCUT2D eigenvalue weighted by atomic mass is 32.2. The summed E-state index contributed by atoms with van der Waals surface area (Å²) in [5, 5.41) is 5.92. The first-order chi connectivity index (χ1) is 7.02. The number of nitrogens with one attached hydrogen (secondary N) is 1. The van der Waals surface area contributed by atoms with Gasteiger partial charge in [-0.05, 0) is 26.0 Å². The lowest BCUT2D eigenvalue weighted by molar-refractivity contribution is 0.153. The zero-order valence-corrected chi connectivity index (χ0v) is 10.3. The Morgan fingerprint density at radius 1 is 1.67 bits per heavy atom. The highest BCUT2D eigenvalue weighted by molar-refractivity contribution is 8.01. The molecule has 0 aliphatic rings. The smallest absolute Gasteiger partial charge is 0.323 e. The van der Waals surface area contributed by atoms with E-state index >= 15 is 0 Å². The summed E-state index contributed by atoms with van der Waals surface area (Å²) in [7, 11) is 1.49. The first-order valence-electron chi connectivity index (χ1n) is 4.70. The summed E-state index contributed by atoms with van der Waals surface area (Å²) in [5.74, 6) is 0.975. The predicted molar refractivity (Wildman–Crippen MR) is 65.4 cm³/mol. The maximum absolute atomic E-state index is 10.7. The van der Waals surface area contributed by atoms with Gasteiger partial charge in [0.2, 0.25) is 0 Å². The third-order valence-electron chi connectivity index (χ3n) is 1.50. The molecule has 86 valence electrons. The summed E-state index contributed by atoms with van der Waals surface area (Å²) in [4.78, 5) is 15.2. The van der Waals surface area contributed by atoms with Crippen molar-refractivity contribution in [3.05, 3.63) is 12.7 Å². The fraction of sp³-hybridized carbons (Fsp3) is 0.600. The molecule has 0 saturated carbocycles. The Morgan fingerprint density at radius 2 is 2.33 bits per heavy atom. The molecule has 4 nitrogen and oxygen atoms in total. The van der Waals surface area contributed by atoms with Crippen LogP contribution in [0.2, 0.25) is 0 Å². The van der Waals surface area contributed by atoms with Gasteiger partial charge in [0, 0.05) is 11.8 Å². The summed E-state index contributed by atoms with van der Waals surface area (Å²) in [6.45, 7) is 7.67. The van der Waals surface area contributed by atoms with E-state index in [1.54, 1.807) is 18.0 Å². The number of carbonyl (C=O) groups is 1. The molecule has 0 saturated heterocycles. The Morgan fingerprint density at radius 3 is 2.87 bits per heavy atom. The molecule has 0 unspecified atom stereocenters. The molecule has 1 amide bonds. The van der Waals surface area contributed by atoms with Crippen molar-refractivity contribution in [2.75, 3.05) is 12.8 Å². The third-order valence-corrected chi connectivity index (χ3v) is 2.79.